The number of nitro groups is 1. The van der Waals surface area contributed by atoms with Gasteiger partial charge in [0.05, 0.1) is 39.3 Å². The summed E-state index contributed by atoms with van der Waals surface area (Å²) >= 11 is 0. The van der Waals surface area contributed by atoms with Crippen LogP contribution in [0.5, 0.6) is 5.88 Å². The van der Waals surface area contributed by atoms with Crippen molar-refractivity contribution >= 4 is 55.4 Å². The van der Waals surface area contributed by atoms with Gasteiger partial charge in [-0.1, -0.05) is 24.3 Å². The smallest absolute Gasteiger partial charge is 0.293 e. The van der Waals surface area contributed by atoms with Crippen LogP contribution in [0.3, 0.4) is 0 Å². The lowest BCUT2D eigenvalue weighted by Gasteiger charge is -2.59. The molecule has 6 aliphatic rings. The van der Waals surface area contributed by atoms with Gasteiger partial charge in [-0.2, -0.15) is 4.98 Å². The molecule has 370 valence electrons. The molecule has 2 aromatic heterocycles. The van der Waals surface area contributed by atoms with Gasteiger partial charge in [0.2, 0.25) is 5.88 Å². The molecule has 3 aromatic carbocycles. The highest BCUT2D eigenvalue weighted by molar-refractivity contribution is 7.90. The zero-order valence-corrected chi connectivity index (χ0v) is 40.6. The number of β-amino-alcohol motifs (C(OH)–C–C–N with tert-alkyl or cyclic N) is 1. The van der Waals surface area contributed by atoms with Crippen LogP contribution in [-0.2, 0) is 19.5 Å². The molecule has 18 heteroatoms. The van der Waals surface area contributed by atoms with E-state index in [1.807, 2.05) is 31.2 Å². The van der Waals surface area contributed by atoms with Crippen LogP contribution >= 0.6 is 0 Å². The molecule has 0 unspecified atom stereocenters. The molecule has 4 atom stereocenters. The van der Waals surface area contributed by atoms with Crippen molar-refractivity contribution in [3.63, 3.8) is 0 Å². The van der Waals surface area contributed by atoms with Crippen molar-refractivity contribution in [3.05, 3.63) is 106 Å². The standard InChI is InChI=1S/C52H62N8O9S/c1-33-5-3-4-6-39(33)42-11-16-51(2,62)32-58(42)37-28-52(29-37)17-20-57(21-18-52)36-7-9-40(44(26-36)59-43-15-24-68-31-47(43)69-50-46(59)25-35-12-19-53-48(35)55-50)49(61)56-70(65,66)38-8-10-41(45(27-38)60(63)64)54-30-34-13-22-67-23-14-34/h3-10,12,19,25-27,34,37,42-43,47,54,62H,11,13-18,20-24,28-32H2,1-2H3,(H,53,55)(H,56,61)/t42-,43-,47-,51-/m0/s1. The fourth-order valence-electron chi connectivity index (χ4n) is 12.2. The zero-order chi connectivity index (χ0) is 48.4. The van der Waals surface area contributed by atoms with Crippen LogP contribution in [0.2, 0.25) is 0 Å². The number of H-pyrrole nitrogens is 1. The lowest BCUT2D eigenvalue weighted by molar-refractivity contribution is -0.384. The number of sulfonamides is 1. The number of rotatable bonds is 11. The summed E-state index contributed by atoms with van der Waals surface area (Å²) in [6, 6.07) is 22.2. The number of likely N-dealkylation sites (tertiary alicyclic amines) is 1. The number of hydrogen-bond acceptors (Lipinski definition) is 14. The number of aromatic amines is 1. The van der Waals surface area contributed by atoms with E-state index >= 15 is 0 Å². The fraction of sp³-hybridized carbons (Fsp3) is 0.500. The van der Waals surface area contributed by atoms with Crippen molar-refractivity contribution in [1.29, 1.82) is 0 Å². The van der Waals surface area contributed by atoms with Gasteiger partial charge in [0.1, 0.15) is 23.1 Å². The number of carbonyl (C=O) groups is 1. The largest absolute Gasteiger partial charge is 0.468 e. The first-order chi connectivity index (χ1) is 33.7. The van der Waals surface area contributed by atoms with E-state index < -0.39 is 43.1 Å². The molecule has 5 aliphatic heterocycles. The summed E-state index contributed by atoms with van der Waals surface area (Å²) in [4.78, 5) is 41.0. The number of aryl methyl sites for hydroxylation is 1. The summed E-state index contributed by atoms with van der Waals surface area (Å²) < 4.78 is 48.4. The Hall–Kier alpha value is -5.79. The van der Waals surface area contributed by atoms with Gasteiger partial charge >= 0.3 is 0 Å². The first kappa shape index (κ1) is 46.6. The van der Waals surface area contributed by atoms with Crippen molar-refractivity contribution in [2.75, 3.05) is 67.7 Å². The van der Waals surface area contributed by atoms with Crippen molar-refractivity contribution in [3.8, 4) is 5.88 Å². The Morgan fingerprint density at radius 3 is 2.53 bits per heavy atom. The van der Waals surface area contributed by atoms with Gasteiger partial charge in [0, 0.05) is 81.4 Å². The van der Waals surface area contributed by atoms with Crippen LogP contribution < -0.4 is 24.6 Å². The summed E-state index contributed by atoms with van der Waals surface area (Å²) in [5.74, 6) is -0.248. The minimum absolute atomic E-state index is 0.111. The minimum atomic E-state index is -4.61. The lowest BCUT2D eigenvalue weighted by atomic mass is 9.59. The van der Waals surface area contributed by atoms with Crippen molar-refractivity contribution < 1.29 is 37.5 Å². The highest BCUT2D eigenvalue weighted by Crippen LogP contribution is 2.55. The summed E-state index contributed by atoms with van der Waals surface area (Å²) in [5, 5.41) is 27.6. The lowest BCUT2D eigenvalue weighted by Crippen LogP contribution is -2.60. The third-order valence-electron chi connectivity index (χ3n) is 16.1. The number of carbonyl (C=O) groups excluding carboxylic acids is 1. The number of nitrogens with zero attached hydrogens (tertiary/aromatic N) is 5. The van der Waals surface area contributed by atoms with Gasteiger partial charge in [-0.05, 0) is 137 Å². The molecule has 11 rings (SSSR count). The average Bonchev–Trinajstić information content (AvgIpc) is 3.81. The molecule has 0 radical (unpaired) electrons. The number of piperidine rings is 2. The molecule has 70 heavy (non-hydrogen) atoms. The van der Waals surface area contributed by atoms with E-state index in [0.717, 1.165) is 81.6 Å². The Balaban J connectivity index is 0.879. The predicted molar refractivity (Wildman–Crippen MR) is 265 cm³/mol. The van der Waals surface area contributed by atoms with Gasteiger partial charge in [0.15, 0.2) is 0 Å². The number of hydrogen-bond donors (Lipinski definition) is 4. The Bertz CT molecular complexity index is 2910. The van der Waals surface area contributed by atoms with E-state index in [1.54, 1.807) is 12.3 Å². The monoisotopic (exact) mass is 974 g/mol. The Labute approximate surface area is 408 Å². The highest BCUT2D eigenvalue weighted by Gasteiger charge is 2.51. The molecule has 0 bridgehead atoms. The van der Waals surface area contributed by atoms with Gasteiger partial charge in [-0.15, -0.1) is 0 Å². The number of amides is 1. The Morgan fingerprint density at radius 2 is 1.74 bits per heavy atom. The van der Waals surface area contributed by atoms with Crippen molar-refractivity contribution in [1.82, 2.24) is 19.6 Å². The second kappa shape index (κ2) is 18.4. The van der Waals surface area contributed by atoms with Crippen LogP contribution in [0, 0.1) is 28.4 Å². The minimum Gasteiger partial charge on any atom is -0.468 e. The van der Waals surface area contributed by atoms with Gasteiger partial charge < -0.3 is 39.4 Å². The van der Waals surface area contributed by atoms with Crippen LogP contribution in [0.25, 0.3) is 11.0 Å². The van der Waals surface area contributed by atoms with Crippen LogP contribution in [0.4, 0.5) is 28.4 Å². The summed E-state index contributed by atoms with van der Waals surface area (Å²) in [5.41, 5.74) is 4.70. The number of pyridine rings is 1. The first-order valence-corrected chi connectivity index (χ1v) is 26.3. The number of benzene rings is 3. The normalized spacial score (nSPS) is 25.2. The fourth-order valence-corrected chi connectivity index (χ4v) is 13.2. The molecule has 1 saturated carbocycles. The number of nitrogens with one attached hydrogen (secondary N) is 3. The van der Waals surface area contributed by atoms with Gasteiger partial charge in [-0.3, -0.25) is 19.8 Å². The molecule has 4 saturated heterocycles. The molecule has 1 aliphatic carbocycles. The number of ether oxygens (including phenoxy) is 3. The van der Waals surface area contributed by atoms with Crippen LogP contribution in [0.15, 0.2) is 83.9 Å². The second-order valence-corrected chi connectivity index (χ2v) is 22.5. The topological polar surface area (TPSA) is 205 Å². The molecule has 5 fully saturated rings. The van der Waals surface area contributed by atoms with Crippen LogP contribution in [-0.4, -0.2) is 116 Å². The highest BCUT2D eigenvalue weighted by atomic mass is 32.2. The first-order valence-electron chi connectivity index (χ1n) is 24.8. The van der Waals surface area contributed by atoms with E-state index in [-0.39, 0.29) is 34.7 Å². The molecule has 7 heterocycles. The molecule has 1 amide bonds. The number of anilines is 4. The molecule has 17 nitrogen and oxygen atoms in total. The quantitative estimate of drug-likeness (QED) is 0.0738. The predicted octanol–water partition coefficient (Wildman–Crippen LogP) is 7.76. The maximum atomic E-state index is 14.7. The summed E-state index contributed by atoms with van der Waals surface area (Å²) in [6.45, 7) is 8.90. The van der Waals surface area contributed by atoms with Crippen molar-refractivity contribution in [2.45, 2.75) is 106 Å². The Morgan fingerprint density at radius 1 is 0.957 bits per heavy atom. The molecule has 5 aromatic rings. The molecular formula is C52H62N8O9S. The number of aliphatic hydroxyl groups is 1. The van der Waals surface area contributed by atoms with Crippen LogP contribution in [0.1, 0.15) is 92.2 Å². The molecular weight excluding hydrogens is 913 g/mol. The number of nitro benzene ring substituents is 1. The van der Waals surface area contributed by atoms with E-state index in [9.17, 15) is 28.4 Å². The van der Waals surface area contributed by atoms with Gasteiger partial charge in [0.25, 0.3) is 21.6 Å². The van der Waals surface area contributed by atoms with E-state index in [1.165, 1.54) is 23.3 Å². The van der Waals surface area contributed by atoms with E-state index in [2.05, 4.69) is 60.9 Å². The average molecular weight is 975 g/mol. The summed E-state index contributed by atoms with van der Waals surface area (Å²) in [7, 11) is -4.61. The summed E-state index contributed by atoms with van der Waals surface area (Å²) in [6.07, 6.45) is 9.43. The van der Waals surface area contributed by atoms with Gasteiger partial charge in [-0.25, -0.2) is 13.1 Å². The molecule has 1 spiro atoms. The second-order valence-electron chi connectivity index (χ2n) is 20.8. The molecule has 4 N–H and O–H groups in total. The third-order valence-corrected chi connectivity index (χ3v) is 17.5. The third kappa shape index (κ3) is 8.97. The number of aromatic nitrogens is 2. The zero-order valence-electron chi connectivity index (χ0n) is 39.8. The van der Waals surface area contributed by atoms with Crippen molar-refractivity contribution in [2.24, 2.45) is 11.3 Å². The Kier molecular flexibility index (Phi) is 12.3. The maximum Gasteiger partial charge on any atom is 0.293 e. The maximum absolute atomic E-state index is 14.7. The SMILES string of the molecule is Cc1ccccc1[C@@H]1CC[C@](C)(O)CN1C1CC2(CCN(c3ccc(C(=O)NS(=O)(=O)c4ccc(NCC5CCOCC5)c([N+](=O)[O-])c4)c(N4c5cc6cc[nH]c6nc5O[C@H]5COCC[C@@H]54)c3)CC2)C1. The van der Waals surface area contributed by atoms with E-state index in [0.29, 0.717) is 74.9 Å². The number of fused-ring (bicyclic) bond motifs is 3. The van der Waals surface area contributed by atoms with E-state index in [4.69, 9.17) is 19.2 Å².